The summed E-state index contributed by atoms with van der Waals surface area (Å²) in [5, 5.41) is 0. The Balaban J connectivity index is 0.000001000. The summed E-state index contributed by atoms with van der Waals surface area (Å²) in [6, 6.07) is 0. The van der Waals surface area contributed by atoms with Crippen LogP contribution in [0, 0.1) is 0 Å². The third kappa shape index (κ3) is 2.38. The lowest BCUT2D eigenvalue weighted by atomic mass is 10.2. The normalized spacial score (nSPS) is 28.7. The molecule has 0 bridgehead atoms. The summed E-state index contributed by atoms with van der Waals surface area (Å²) in [5.41, 5.74) is 0. The van der Waals surface area contributed by atoms with Crippen molar-refractivity contribution in [3.05, 3.63) is 0 Å². The molecule has 4 nitrogen and oxygen atoms in total. The van der Waals surface area contributed by atoms with Crippen molar-refractivity contribution in [1.29, 1.82) is 0 Å². The third-order valence-corrected chi connectivity index (χ3v) is 1.38. The molecule has 1 heterocycles. The molecule has 2 unspecified atom stereocenters. The van der Waals surface area contributed by atoms with Gasteiger partial charge in [-0.15, -0.1) is 0 Å². The van der Waals surface area contributed by atoms with Gasteiger partial charge in [0.25, 0.3) is 0 Å². The molecule has 11 heavy (non-hydrogen) atoms. The Morgan fingerprint density at radius 1 is 1.55 bits per heavy atom. The first kappa shape index (κ1) is 10.2. The number of methoxy groups -OCH3 is 1. The number of hydrogen-bond acceptors (Lipinski definition) is 4. The highest BCUT2D eigenvalue weighted by molar-refractivity contribution is 5.62. The minimum Gasteiger partial charge on any atom is -0.427 e. The Bertz CT molecular complexity index is 134. The Labute approximate surface area is 66.4 Å². The Kier molecular flexibility index (Phi) is 3.89. The average Bonchev–Trinajstić information content (AvgIpc) is 2.13. The molecule has 0 saturated carbocycles. The third-order valence-electron chi connectivity index (χ3n) is 1.38. The molecule has 0 amide bonds. The Morgan fingerprint density at radius 2 is 2.18 bits per heavy atom. The van der Waals surface area contributed by atoms with Crippen molar-refractivity contribution in [2.45, 2.75) is 26.6 Å². The summed E-state index contributed by atoms with van der Waals surface area (Å²) in [4.78, 5) is 10.4. The standard InChI is InChI=1S/C6H10O4.CH4/c1-4-5(3-8-2)10-6(7)9-4;/h4-5H,3H2,1-2H3;1H4. The van der Waals surface area contributed by atoms with Crippen LogP contribution in [0.15, 0.2) is 0 Å². The van der Waals surface area contributed by atoms with Gasteiger partial charge in [0.1, 0.15) is 6.10 Å². The molecule has 1 saturated heterocycles. The van der Waals surface area contributed by atoms with Gasteiger partial charge in [0.2, 0.25) is 0 Å². The molecule has 0 spiro atoms. The summed E-state index contributed by atoms with van der Waals surface area (Å²) in [5.74, 6) is 0. The minimum absolute atomic E-state index is 0. The predicted molar refractivity (Wildman–Crippen MR) is 39.4 cm³/mol. The maximum atomic E-state index is 10.4. The number of hydrogen-bond donors (Lipinski definition) is 0. The van der Waals surface area contributed by atoms with Crippen LogP contribution in [0.4, 0.5) is 4.79 Å². The van der Waals surface area contributed by atoms with E-state index in [9.17, 15) is 4.79 Å². The number of rotatable bonds is 2. The molecule has 4 heteroatoms. The number of cyclic esters (lactones) is 2. The van der Waals surface area contributed by atoms with Crippen molar-refractivity contribution >= 4 is 6.16 Å². The minimum atomic E-state index is -0.602. The first-order valence-corrected chi connectivity index (χ1v) is 3.10. The van der Waals surface area contributed by atoms with Gasteiger partial charge < -0.3 is 14.2 Å². The van der Waals surface area contributed by atoms with Crippen molar-refractivity contribution in [2.24, 2.45) is 0 Å². The lowest BCUT2D eigenvalue weighted by molar-refractivity contribution is 0.0598. The first-order chi connectivity index (χ1) is 4.74. The predicted octanol–water partition coefficient (Wildman–Crippen LogP) is 1.19. The largest absolute Gasteiger partial charge is 0.509 e. The van der Waals surface area contributed by atoms with Crippen molar-refractivity contribution < 1.29 is 19.0 Å². The molecule has 0 radical (unpaired) electrons. The SMILES string of the molecule is C.COCC1OC(=O)OC1C. The van der Waals surface area contributed by atoms with E-state index in [4.69, 9.17) is 9.47 Å². The second-order valence-corrected chi connectivity index (χ2v) is 2.18. The maximum absolute atomic E-state index is 10.4. The highest BCUT2D eigenvalue weighted by Gasteiger charge is 2.32. The van der Waals surface area contributed by atoms with Crippen molar-refractivity contribution in [3.8, 4) is 0 Å². The van der Waals surface area contributed by atoms with E-state index in [1.54, 1.807) is 14.0 Å². The van der Waals surface area contributed by atoms with Crippen LogP contribution in [0.3, 0.4) is 0 Å². The van der Waals surface area contributed by atoms with Gasteiger partial charge >= 0.3 is 6.16 Å². The van der Waals surface area contributed by atoms with Gasteiger partial charge in [-0.1, -0.05) is 7.43 Å². The molecule has 0 aliphatic carbocycles. The summed E-state index contributed by atoms with van der Waals surface area (Å²) in [6.45, 7) is 2.17. The Hall–Kier alpha value is -0.770. The molecule has 0 aromatic heterocycles. The molecule has 2 atom stereocenters. The second kappa shape index (κ2) is 4.18. The zero-order chi connectivity index (χ0) is 7.56. The van der Waals surface area contributed by atoms with Gasteiger partial charge in [-0.3, -0.25) is 0 Å². The van der Waals surface area contributed by atoms with E-state index in [0.29, 0.717) is 6.61 Å². The molecule has 0 N–H and O–H groups in total. The fourth-order valence-corrected chi connectivity index (χ4v) is 0.809. The smallest absolute Gasteiger partial charge is 0.427 e. The van der Waals surface area contributed by atoms with Gasteiger partial charge in [-0.25, -0.2) is 4.79 Å². The molecule has 0 aromatic rings. The van der Waals surface area contributed by atoms with E-state index in [1.807, 2.05) is 0 Å². The van der Waals surface area contributed by atoms with Crippen LogP contribution in [0.25, 0.3) is 0 Å². The Morgan fingerprint density at radius 3 is 2.55 bits per heavy atom. The van der Waals surface area contributed by atoms with Gasteiger partial charge in [0.05, 0.1) is 6.61 Å². The van der Waals surface area contributed by atoms with Crippen LogP contribution in [0.1, 0.15) is 14.4 Å². The van der Waals surface area contributed by atoms with Crippen molar-refractivity contribution in [1.82, 2.24) is 0 Å². The second-order valence-electron chi connectivity index (χ2n) is 2.18. The molecule has 1 aliphatic heterocycles. The van der Waals surface area contributed by atoms with Crippen LogP contribution in [0.2, 0.25) is 0 Å². The summed E-state index contributed by atoms with van der Waals surface area (Å²) in [6.07, 6.45) is -1.03. The molecular formula is C7H14O4. The van der Waals surface area contributed by atoms with Gasteiger partial charge in [0, 0.05) is 7.11 Å². The average molecular weight is 162 g/mol. The number of carbonyl (C=O) groups is 1. The zero-order valence-corrected chi connectivity index (χ0v) is 5.99. The van der Waals surface area contributed by atoms with Crippen LogP contribution in [-0.2, 0) is 14.2 Å². The van der Waals surface area contributed by atoms with E-state index in [2.05, 4.69) is 4.74 Å². The van der Waals surface area contributed by atoms with E-state index < -0.39 is 6.16 Å². The summed E-state index contributed by atoms with van der Waals surface area (Å²) >= 11 is 0. The van der Waals surface area contributed by atoms with E-state index in [-0.39, 0.29) is 19.6 Å². The molecule has 1 fully saturated rings. The number of carbonyl (C=O) groups excluding carboxylic acids is 1. The fraction of sp³-hybridized carbons (Fsp3) is 0.857. The number of ether oxygens (including phenoxy) is 3. The molecular weight excluding hydrogens is 148 g/mol. The van der Waals surface area contributed by atoms with Crippen molar-refractivity contribution in [2.75, 3.05) is 13.7 Å². The fourth-order valence-electron chi connectivity index (χ4n) is 0.809. The van der Waals surface area contributed by atoms with Crippen LogP contribution in [-0.4, -0.2) is 32.1 Å². The van der Waals surface area contributed by atoms with Gasteiger partial charge in [-0.05, 0) is 6.92 Å². The topological polar surface area (TPSA) is 44.8 Å². The highest BCUT2D eigenvalue weighted by Crippen LogP contribution is 2.14. The molecule has 1 aliphatic rings. The monoisotopic (exact) mass is 162 g/mol. The highest BCUT2D eigenvalue weighted by atomic mass is 16.8. The van der Waals surface area contributed by atoms with Gasteiger partial charge in [-0.2, -0.15) is 0 Å². The first-order valence-electron chi connectivity index (χ1n) is 3.10. The summed E-state index contributed by atoms with van der Waals surface area (Å²) < 4.78 is 14.2. The molecule has 0 aromatic carbocycles. The lowest BCUT2D eigenvalue weighted by Crippen LogP contribution is -2.24. The van der Waals surface area contributed by atoms with E-state index in [1.165, 1.54) is 0 Å². The van der Waals surface area contributed by atoms with E-state index in [0.717, 1.165) is 0 Å². The summed E-state index contributed by atoms with van der Waals surface area (Å²) in [7, 11) is 1.55. The quantitative estimate of drug-likeness (QED) is 0.572. The zero-order valence-electron chi connectivity index (χ0n) is 5.99. The lowest BCUT2D eigenvalue weighted by Gasteiger charge is -2.08. The molecule has 66 valence electrons. The van der Waals surface area contributed by atoms with E-state index >= 15 is 0 Å². The van der Waals surface area contributed by atoms with Crippen LogP contribution >= 0.6 is 0 Å². The molecule has 1 rings (SSSR count). The van der Waals surface area contributed by atoms with Crippen molar-refractivity contribution in [3.63, 3.8) is 0 Å². The van der Waals surface area contributed by atoms with Gasteiger partial charge in [0.15, 0.2) is 6.10 Å². The van der Waals surface area contributed by atoms with Crippen LogP contribution in [0.5, 0.6) is 0 Å². The van der Waals surface area contributed by atoms with Crippen LogP contribution < -0.4 is 0 Å². The maximum Gasteiger partial charge on any atom is 0.509 e.